The highest BCUT2D eigenvalue weighted by Gasteiger charge is 2.34. The summed E-state index contributed by atoms with van der Waals surface area (Å²) in [5.41, 5.74) is 0.972. The van der Waals surface area contributed by atoms with Crippen molar-refractivity contribution in [2.45, 2.75) is 57.8 Å². The maximum absolute atomic E-state index is 9.65. The van der Waals surface area contributed by atoms with Crippen molar-refractivity contribution >= 4 is 11.0 Å². The Morgan fingerprint density at radius 3 is 2.61 bits per heavy atom. The van der Waals surface area contributed by atoms with E-state index >= 15 is 0 Å². The largest absolute Gasteiger partial charge is 0.460 e. The first-order chi connectivity index (χ1) is 13.6. The molecule has 154 valence electrons. The third kappa shape index (κ3) is 4.43. The molecule has 0 amide bonds. The van der Waals surface area contributed by atoms with Crippen molar-refractivity contribution in [1.82, 2.24) is 14.7 Å². The number of fused-ring (bicyclic) bond motifs is 1. The zero-order chi connectivity index (χ0) is 19.5. The van der Waals surface area contributed by atoms with Gasteiger partial charge in [0, 0.05) is 49.8 Å². The molecular formula is C23H35N3O2. The van der Waals surface area contributed by atoms with Crippen molar-refractivity contribution in [3.05, 3.63) is 36.1 Å². The molecule has 0 unspecified atom stereocenters. The summed E-state index contributed by atoms with van der Waals surface area (Å²) in [5, 5.41) is 10.8. The van der Waals surface area contributed by atoms with Crippen molar-refractivity contribution in [2.24, 2.45) is 0 Å². The van der Waals surface area contributed by atoms with Crippen LogP contribution in [0.2, 0.25) is 0 Å². The fourth-order valence-corrected chi connectivity index (χ4v) is 5.03. The van der Waals surface area contributed by atoms with Crippen LogP contribution in [-0.2, 0) is 6.54 Å². The summed E-state index contributed by atoms with van der Waals surface area (Å²) in [5.74, 6) is 1.04. The Hall–Kier alpha value is -1.40. The van der Waals surface area contributed by atoms with Gasteiger partial charge in [-0.15, -0.1) is 0 Å². The van der Waals surface area contributed by atoms with E-state index in [2.05, 4.69) is 46.7 Å². The van der Waals surface area contributed by atoms with Gasteiger partial charge in [0.2, 0.25) is 0 Å². The van der Waals surface area contributed by atoms with E-state index in [1.54, 1.807) is 0 Å². The van der Waals surface area contributed by atoms with E-state index in [1.807, 2.05) is 12.1 Å². The molecule has 1 aromatic carbocycles. The van der Waals surface area contributed by atoms with Gasteiger partial charge >= 0.3 is 0 Å². The molecule has 4 rings (SSSR count). The van der Waals surface area contributed by atoms with Gasteiger partial charge in [0.25, 0.3) is 0 Å². The second-order valence-electron chi connectivity index (χ2n) is 8.75. The predicted molar refractivity (Wildman–Crippen MR) is 113 cm³/mol. The van der Waals surface area contributed by atoms with Crippen LogP contribution < -0.4 is 0 Å². The van der Waals surface area contributed by atoms with E-state index < -0.39 is 0 Å². The molecule has 2 fully saturated rings. The van der Waals surface area contributed by atoms with Gasteiger partial charge in [0.15, 0.2) is 0 Å². The summed E-state index contributed by atoms with van der Waals surface area (Å²) < 4.78 is 6.03. The standard InChI is InChI=1S/C23H35N3O2/c1-18(2)25-10-7-20(8-11-25)26-13-12-24(16-21(26)9-14-27)17-22-15-19-5-3-4-6-23(19)28-22/h3-6,15,18,20-21,27H,7-14,16-17H2,1-2H3/t21-/m0/s1. The molecule has 0 radical (unpaired) electrons. The first-order valence-electron chi connectivity index (χ1n) is 10.9. The zero-order valence-electron chi connectivity index (χ0n) is 17.4. The predicted octanol–water partition coefficient (Wildman–Crippen LogP) is 3.17. The minimum absolute atomic E-state index is 0.268. The number of hydrogen-bond acceptors (Lipinski definition) is 5. The number of benzene rings is 1. The number of hydrogen-bond donors (Lipinski definition) is 1. The first-order valence-corrected chi connectivity index (χ1v) is 10.9. The number of rotatable bonds is 6. The van der Waals surface area contributed by atoms with Crippen molar-refractivity contribution in [3.63, 3.8) is 0 Å². The van der Waals surface area contributed by atoms with Crippen LogP contribution in [0.4, 0.5) is 0 Å². The highest BCUT2D eigenvalue weighted by molar-refractivity contribution is 5.77. The molecule has 3 heterocycles. The van der Waals surface area contributed by atoms with E-state index in [0.717, 1.165) is 43.9 Å². The maximum Gasteiger partial charge on any atom is 0.134 e. The minimum Gasteiger partial charge on any atom is -0.460 e. The lowest BCUT2D eigenvalue weighted by Gasteiger charge is -2.48. The molecular weight excluding hydrogens is 350 g/mol. The third-order valence-electron chi connectivity index (χ3n) is 6.63. The fourth-order valence-electron chi connectivity index (χ4n) is 5.03. The minimum atomic E-state index is 0.268. The van der Waals surface area contributed by atoms with Crippen LogP contribution in [0.15, 0.2) is 34.7 Å². The maximum atomic E-state index is 9.65. The lowest BCUT2D eigenvalue weighted by atomic mass is 9.97. The number of piperazine rings is 1. The molecule has 2 aromatic rings. The van der Waals surface area contributed by atoms with Crippen molar-refractivity contribution in [3.8, 4) is 0 Å². The van der Waals surface area contributed by atoms with Gasteiger partial charge in [-0.25, -0.2) is 0 Å². The van der Waals surface area contributed by atoms with E-state index in [4.69, 9.17) is 4.42 Å². The first kappa shape index (κ1) is 19.9. The molecule has 0 aliphatic carbocycles. The molecule has 1 N–H and O–H groups in total. The van der Waals surface area contributed by atoms with Crippen LogP contribution in [0.5, 0.6) is 0 Å². The molecule has 2 saturated heterocycles. The molecule has 1 aromatic heterocycles. The molecule has 28 heavy (non-hydrogen) atoms. The monoisotopic (exact) mass is 385 g/mol. The second kappa shape index (κ2) is 8.95. The normalized spacial score (nSPS) is 23.8. The molecule has 2 aliphatic rings. The fraction of sp³-hybridized carbons (Fsp3) is 0.652. The Bertz CT molecular complexity index is 718. The lowest BCUT2D eigenvalue weighted by Crippen LogP contribution is -2.58. The van der Waals surface area contributed by atoms with E-state index in [9.17, 15) is 5.11 Å². The van der Waals surface area contributed by atoms with Gasteiger partial charge in [-0.2, -0.15) is 0 Å². The van der Waals surface area contributed by atoms with Gasteiger partial charge in [-0.05, 0) is 58.3 Å². The summed E-state index contributed by atoms with van der Waals surface area (Å²) in [6.45, 7) is 11.3. The average Bonchev–Trinajstić information content (AvgIpc) is 3.11. The number of piperidine rings is 1. The molecule has 2 aliphatic heterocycles. The Morgan fingerprint density at radius 1 is 1.11 bits per heavy atom. The third-order valence-corrected chi connectivity index (χ3v) is 6.63. The highest BCUT2D eigenvalue weighted by Crippen LogP contribution is 2.26. The Labute approximate surface area is 168 Å². The molecule has 0 spiro atoms. The number of furan rings is 1. The lowest BCUT2D eigenvalue weighted by molar-refractivity contribution is -0.00149. The zero-order valence-corrected chi connectivity index (χ0v) is 17.4. The van der Waals surface area contributed by atoms with Crippen LogP contribution in [0.25, 0.3) is 11.0 Å². The summed E-state index contributed by atoms with van der Waals surface area (Å²) in [6.07, 6.45) is 3.37. The van der Waals surface area contributed by atoms with Crippen LogP contribution in [0, 0.1) is 0 Å². The molecule has 0 saturated carbocycles. The molecule has 1 atom stereocenters. The average molecular weight is 386 g/mol. The van der Waals surface area contributed by atoms with Crippen LogP contribution in [0.1, 0.15) is 38.9 Å². The summed E-state index contributed by atoms with van der Waals surface area (Å²) in [4.78, 5) is 7.79. The summed E-state index contributed by atoms with van der Waals surface area (Å²) in [7, 11) is 0. The van der Waals surface area contributed by atoms with Crippen LogP contribution in [-0.4, -0.2) is 77.3 Å². The summed E-state index contributed by atoms with van der Waals surface area (Å²) >= 11 is 0. The number of nitrogens with zero attached hydrogens (tertiary/aromatic N) is 3. The van der Waals surface area contributed by atoms with Gasteiger partial charge in [0.1, 0.15) is 11.3 Å². The molecule has 5 heteroatoms. The quantitative estimate of drug-likeness (QED) is 0.827. The smallest absolute Gasteiger partial charge is 0.134 e. The SMILES string of the molecule is CC(C)N1CCC(N2CCN(Cc3cc4ccccc4o3)C[C@@H]2CCO)CC1. The molecule has 5 nitrogen and oxygen atoms in total. The number of likely N-dealkylation sites (tertiary alicyclic amines) is 1. The van der Waals surface area contributed by atoms with Gasteiger partial charge in [0.05, 0.1) is 6.54 Å². The molecule has 0 bridgehead atoms. The van der Waals surface area contributed by atoms with Gasteiger partial charge < -0.3 is 14.4 Å². The number of para-hydroxylation sites is 1. The topological polar surface area (TPSA) is 43.1 Å². The Balaban J connectivity index is 1.37. The summed E-state index contributed by atoms with van der Waals surface area (Å²) in [6, 6.07) is 12.2. The van der Waals surface area contributed by atoms with Crippen molar-refractivity contribution in [1.29, 1.82) is 0 Å². The van der Waals surface area contributed by atoms with Crippen LogP contribution in [0.3, 0.4) is 0 Å². The van der Waals surface area contributed by atoms with Crippen molar-refractivity contribution < 1.29 is 9.52 Å². The van der Waals surface area contributed by atoms with Gasteiger partial charge in [-0.3, -0.25) is 9.80 Å². The highest BCUT2D eigenvalue weighted by atomic mass is 16.3. The van der Waals surface area contributed by atoms with E-state index in [-0.39, 0.29) is 6.61 Å². The second-order valence-corrected chi connectivity index (χ2v) is 8.75. The Kier molecular flexibility index (Phi) is 6.36. The Morgan fingerprint density at radius 2 is 1.89 bits per heavy atom. The van der Waals surface area contributed by atoms with Gasteiger partial charge in [-0.1, -0.05) is 18.2 Å². The van der Waals surface area contributed by atoms with E-state index in [1.165, 1.54) is 31.3 Å². The van der Waals surface area contributed by atoms with Crippen LogP contribution >= 0.6 is 0 Å². The van der Waals surface area contributed by atoms with E-state index in [0.29, 0.717) is 18.1 Å². The number of aliphatic hydroxyl groups is 1. The number of aliphatic hydroxyl groups excluding tert-OH is 1. The van der Waals surface area contributed by atoms with Crippen molar-refractivity contribution in [2.75, 3.05) is 39.3 Å².